The number of thioether (sulfide) groups is 1. The van der Waals surface area contributed by atoms with Crippen LogP contribution in [0.15, 0.2) is 24.3 Å². The first kappa shape index (κ1) is 16.4. The Balaban J connectivity index is 1.83. The van der Waals surface area contributed by atoms with Gasteiger partial charge in [-0.2, -0.15) is 0 Å². The van der Waals surface area contributed by atoms with Crippen molar-refractivity contribution in [2.75, 3.05) is 11.1 Å². The van der Waals surface area contributed by atoms with E-state index in [9.17, 15) is 9.59 Å². The molecule has 3 rings (SSSR count). The van der Waals surface area contributed by atoms with Gasteiger partial charge in [-0.1, -0.05) is 39.0 Å². The van der Waals surface area contributed by atoms with Gasteiger partial charge in [0.2, 0.25) is 11.8 Å². The molecule has 2 amide bonds. The maximum absolute atomic E-state index is 12.8. The highest BCUT2D eigenvalue weighted by Crippen LogP contribution is 2.47. The number of rotatable bonds is 2. The molecule has 2 fully saturated rings. The van der Waals surface area contributed by atoms with Crippen LogP contribution in [-0.2, 0) is 15.0 Å². The van der Waals surface area contributed by atoms with Gasteiger partial charge in [0.15, 0.2) is 0 Å². The second kappa shape index (κ2) is 5.55. The number of amides is 2. The molecule has 2 saturated heterocycles. The van der Waals surface area contributed by atoms with E-state index in [0.717, 1.165) is 17.7 Å². The summed E-state index contributed by atoms with van der Waals surface area (Å²) in [6.07, 6.45) is 1.38. The summed E-state index contributed by atoms with van der Waals surface area (Å²) in [7, 11) is 0. The molecule has 0 bridgehead atoms. The Hall–Kier alpha value is -1.49. The highest BCUT2D eigenvalue weighted by molar-refractivity contribution is 8.01. The van der Waals surface area contributed by atoms with Crippen LogP contribution in [0.25, 0.3) is 0 Å². The standard InChI is InChI=1S/C18H24N2O2S/c1-17(2,3)12-7-5-6-8-13(12)19-16(22)14-11-23-18(4)10-9-15(21)20(14)18/h5-8,14H,9-11H2,1-4H3,(H,19,22)/t14-,18-/m1/s1. The van der Waals surface area contributed by atoms with E-state index in [4.69, 9.17) is 0 Å². The zero-order chi connectivity index (χ0) is 16.8. The maximum atomic E-state index is 12.8. The van der Waals surface area contributed by atoms with Crippen molar-refractivity contribution in [1.29, 1.82) is 0 Å². The fraction of sp³-hybridized carbons (Fsp3) is 0.556. The molecule has 124 valence electrons. The first-order valence-corrected chi connectivity index (χ1v) is 9.07. The summed E-state index contributed by atoms with van der Waals surface area (Å²) in [5.74, 6) is 0.695. The number of hydrogen-bond acceptors (Lipinski definition) is 3. The second-order valence-electron chi connectivity index (χ2n) is 7.55. The smallest absolute Gasteiger partial charge is 0.248 e. The Bertz CT molecular complexity index is 653. The average Bonchev–Trinajstić information content (AvgIpc) is 2.95. The van der Waals surface area contributed by atoms with Gasteiger partial charge in [0, 0.05) is 17.9 Å². The molecule has 5 heteroatoms. The van der Waals surface area contributed by atoms with Crippen molar-refractivity contribution < 1.29 is 9.59 Å². The van der Waals surface area contributed by atoms with Crippen LogP contribution in [0.2, 0.25) is 0 Å². The van der Waals surface area contributed by atoms with Crippen molar-refractivity contribution in [2.45, 2.75) is 56.9 Å². The van der Waals surface area contributed by atoms with Crippen LogP contribution in [-0.4, -0.2) is 33.4 Å². The largest absolute Gasteiger partial charge is 0.324 e. The summed E-state index contributed by atoms with van der Waals surface area (Å²) < 4.78 is 0. The Morgan fingerprint density at radius 1 is 1.35 bits per heavy atom. The maximum Gasteiger partial charge on any atom is 0.248 e. The van der Waals surface area contributed by atoms with Gasteiger partial charge in [-0.3, -0.25) is 9.59 Å². The predicted molar refractivity (Wildman–Crippen MR) is 94.5 cm³/mol. The van der Waals surface area contributed by atoms with Gasteiger partial charge in [0.05, 0.1) is 4.87 Å². The molecule has 2 aliphatic rings. The van der Waals surface area contributed by atoms with E-state index in [-0.39, 0.29) is 28.1 Å². The van der Waals surface area contributed by atoms with Crippen molar-refractivity contribution in [3.63, 3.8) is 0 Å². The summed E-state index contributed by atoms with van der Waals surface area (Å²) in [4.78, 5) is 26.6. The topological polar surface area (TPSA) is 49.4 Å². The number of fused-ring (bicyclic) bond motifs is 1. The zero-order valence-corrected chi connectivity index (χ0v) is 15.0. The highest BCUT2D eigenvalue weighted by atomic mass is 32.2. The van der Waals surface area contributed by atoms with E-state index >= 15 is 0 Å². The fourth-order valence-corrected chi connectivity index (χ4v) is 4.91. The number of para-hydroxylation sites is 1. The fourth-order valence-electron chi connectivity index (χ4n) is 3.48. The summed E-state index contributed by atoms with van der Waals surface area (Å²) in [5, 5.41) is 3.06. The van der Waals surface area contributed by atoms with Gasteiger partial charge in [-0.25, -0.2) is 0 Å². The molecule has 1 aromatic carbocycles. The van der Waals surface area contributed by atoms with E-state index in [0.29, 0.717) is 12.2 Å². The van der Waals surface area contributed by atoms with Gasteiger partial charge in [-0.15, -0.1) is 11.8 Å². The molecule has 0 aromatic heterocycles. The van der Waals surface area contributed by atoms with Crippen LogP contribution >= 0.6 is 11.8 Å². The molecule has 4 nitrogen and oxygen atoms in total. The highest BCUT2D eigenvalue weighted by Gasteiger charge is 2.52. The van der Waals surface area contributed by atoms with Crippen molar-refractivity contribution in [3.8, 4) is 0 Å². The molecule has 0 saturated carbocycles. The Morgan fingerprint density at radius 3 is 2.74 bits per heavy atom. The molecule has 23 heavy (non-hydrogen) atoms. The minimum Gasteiger partial charge on any atom is -0.324 e. The Morgan fingerprint density at radius 2 is 2.04 bits per heavy atom. The third kappa shape index (κ3) is 2.87. The average molecular weight is 332 g/mol. The molecule has 0 spiro atoms. The van der Waals surface area contributed by atoms with Crippen molar-refractivity contribution >= 4 is 29.3 Å². The number of carbonyl (C=O) groups is 2. The van der Waals surface area contributed by atoms with Crippen LogP contribution in [0.3, 0.4) is 0 Å². The minimum absolute atomic E-state index is 0.0493. The molecular weight excluding hydrogens is 308 g/mol. The minimum atomic E-state index is -0.368. The third-order valence-corrected chi connectivity index (χ3v) is 6.25. The molecular formula is C18H24N2O2S. The van der Waals surface area contributed by atoms with E-state index in [1.807, 2.05) is 24.3 Å². The van der Waals surface area contributed by atoms with E-state index in [2.05, 4.69) is 33.0 Å². The lowest BCUT2D eigenvalue weighted by Gasteiger charge is -2.30. The normalized spacial score (nSPS) is 27.2. The lowest BCUT2D eigenvalue weighted by Crippen LogP contribution is -2.48. The van der Waals surface area contributed by atoms with Crippen LogP contribution in [0.4, 0.5) is 5.69 Å². The molecule has 2 heterocycles. The number of benzene rings is 1. The van der Waals surface area contributed by atoms with E-state index in [1.54, 1.807) is 16.7 Å². The summed E-state index contributed by atoms with van der Waals surface area (Å²) in [6.45, 7) is 8.46. The van der Waals surface area contributed by atoms with Crippen molar-refractivity contribution in [2.24, 2.45) is 0 Å². The number of hydrogen-bond donors (Lipinski definition) is 1. The van der Waals surface area contributed by atoms with Crippen molar-refractivity contribution in [3.05, 3.63) is 29.8 Å². The van der Waals surface area contributed by atoms with Gasteiger partial charge < -0.3 is 10.2 Å². The predicted octanol–water partition coefficient (Wildman–Crippen LogP) is 3.38. The third-order valence-electron chi connectivity index (χ3n) is 4.74. The number of carbonyl (C=O) groups excluding carboxylic acids is 2. The van der Waals surface area contributed by atoms with Crippen LogP contribution < -0.4 is 5.32 Å². The van der Waals surface area contributed by atoms with Crippen molar-refractivity contribution in [1.82, 2.24) is 4.90 Å². The number of nitrogens with zero attached hydrogens (tertiary/aromatic N) is 1. The molecule has 0 radical (unpaired) electrons. The summed E-state index contributed by atoms with van der Waals surface area (Å²) >= 11 is 1.72. The second-order valence-corrected chi connectivity index (χ2v) is 9.05. The summed E-state index contributed by atoms with van der Waals surface area (Å²) in [6, 6.07) is 7.53. The number of anilines is 1. The van der Waals surface area contributed by atoms with Gasteiger partial charge in [0.25, 0.3) is 0 Å². The molecule has 1 N–H and O–H groups in total. The molecule has 2 atom stereocenters. The molecule has 0 aliphatic carbocycles. The first-order valence-electron chi connectivity index (χ1n) is 8.09. The lowest BCUT2D eigenvalue weighted by molar-refractivity contribution is -0.135. The van der Waals surface area contributed by atoms with E-state index < -0.39 is 0 Å². The van der Waals surface area contributed by atoms with E-state index in [1.165, 1.54) is 0 Å². The first-order chi connectivity index (χ1) is 10.7. The van der Waals surface area contributed by atoms with Gasteiger partial charge in [-0.05, 0) is 30.4 Å². The zero-order valence-electron chi connectivity index (χ0n) is 14.2. The summed E-state index contributed by atoms with van der Waals surface area (Å²) in [5.41, 5.74) is 1.90. The van der Waals surface area contributed by atoms with Crippen LogP contribution in [0.1, 0.15) is 46.1 Å². The Kier molecular flexibility index (Phi) is 3.95. The monoisotopic (exact) mass is 332 g/mol. The Labute approximate surface area is 142 Å². The van der Waals surface area contributed by atoms with Crippen LogP contribution in [0.5, 0.6) is 0 Å². The molecule has 0 unspecified atom stereocenters. The number of nitrogens with one attached hydrogen (secondary N) is 1. The molecule has 2 aliphatic heterocycles. The van der Waals surface area contributed by atoms with Gasteiger partial charge in [0.1, 0.15) is 6.04 Å². The van der Waals surface area contributed by atoms with Crippen LogP contribution in [0, 0.1) is 0 Å². The van der Waals surface area contributed by atoms with Gasteiger partial charge >= 0.3 is 0 Å². The quantitative estimate of drug-likeness (QED) is 0.903. The SMILES string of the molecule is CC(C)(C)c1ccccc1NC(=O)[C@H]1CS[C@]2(C)CCC(=O)N12. The lowest BCUT2D eigenvalue weighted by atomic mass is 9.86. The molecule has 1 aromatic rings.